The van der Waals surface area contributed by atoms with E-state index in [2.05, 4.69) is 15.0 Å². The summed E-state index contributed by atoms with van der Waals surface area (Å²) in [7, 11) is -1.29. The molecule has 1 saturated heterocycles. The van der Waals surface area contributed by atoms with Gasteiger partial charge >= 0.3 is 19.5 Å². The molecule has 31 heavy (non-hydrogen) atoms. The van der Waals surface area contributed by atoms with Crippen molar-refractivity contribution in [2.75, 3.05) is 33.5 Å². The van der Waals surface area contributed by atoms with Gasteiger partial charge in [0.2, 0.25) is 5.91 Å². The molecule has 0 aromatic carbocycles. The van der Waals surface area contributed by atoms with Crippen molar-refractivity contribution in [2.24, 2.45) is 11.3 Å². The number of hydrogen-bond acceptors (Lipinski definition) is 9. The first kappa shape index (κ1) is 25.0. The van der Waals surface area contributed by atoms with Gasteiger partial charge in [-0.1, -0.05) is 19.9 Å². The Bertz CT molecular complexity index is 830. The van der Waals surface area contributed by atoms with Crippen molar-refractivity contribution in [1.29, 1.82) is 0 Å². The predicted molar refractivity (Wildman–Crippen MR) is 110 cm³/mol. The van der Waals surface area contributed by atoms with E-state index in [9.17, 15) is 18.9 Å². The van der Waals surface area contributed by atoms with E-state index >= 15 is 0 Å². The molecule has 0 radical (unpaired) electrons. The van der Waals surface area contributed by atoms with Crippen LogP contribution in [0.5, 0.6) is 0 Å². The summed E-state index contributed by atoms with van der Waals surface area (Å²) < 4.78 is 34.0. The maximum Gasteiger partial charge on any atom is 0.332 e. The minimum atomic E-state index is -3.79. The largest absolute Gasteiger partial charge is 0.469 e. The van der Waals surface area contributed by atoms with Gasteiger partial charge in [-0.3, -0.25) is 28.5 Å². The monoisotopic (exact) mass is 456 g/mol. The first-order valence-corrected chi connectivity index (χ1v) is 11.6. The van der Waals surface area contributed by atoms with Crippen LogP contribution in [0.2, 0.25) is 0 Å². The maximum absolute atomic E-state index is 13.4. The van der Waals surface area contributed by atoms with E-state index in [4.69, 9.17) is 13.8 Å². The number of amides is 1. The van der Waals surface area contributed by atoms with Gasteiger partial charge in [0, 0.05) is 24.4 Å². The fourth-order valence-corrected chi connectivity index (χ4v) is 5.42. The lowest BCUT2D eigenvalue weighted by Crippen LogP contribution is -2.50. The number of rotatable bonds is 9. The minimum absolute atomic E-state index is 0.000150. The number of aromatic nitrogens is 1. The van der Waals surface area contributed by atoms with Gasteiger partial charge in [-0.15, -0.1) is 0 Å². The van der Waals surface area contributed by atoms with E-state index < -0.39 is 42.9 Å². The van der Waals surface area contributed by atoms with Crippen LogP contribution >= 0.6 is 7.60 Å². The highest BCUT2D eigenvalue weighted by molar-refractivity contribution is 7.54. The van der Waals surface area contributed by atoms with E-state index in [-0.39, 0.29) is 32.2 Å². The van der Waals surface area contributed by atoms with Crippen LogP contribution in [0.15, 0.2) is 24.5 Å². The van der Waals surface area contributed by atoms with Gasteiger partial charge < -0.3 is 19.3 Å². The molecule has 3 atom stereocenters. The molecule has 0 bridgehead atoms. The highest BCUT2D eigenvalue weighted by Crippen LogP contribution is 2.57. The van der Waals surface area contributed by atoms with Gasteiger partial charge in [-0.2, -0.15) is 0 Å². The Kier molecular flexibility index (Phi) is 8.73. The number of hydrogen-bond donors (Lipinski definition) is 1. The summed E-state index contributed by atoms with van der Waals surface area (Å²) in [6, 6.07) is 3.53. The third-order valence-electron chi connectivity index (χ3n) is 4.89. The van der Waals surface area contributed by atoms with Gasteiger partial charge in [-0.05, 0) is 18.1 Å². The topological polar surface area (TPSA) is 130 Å². The molecule has 1 N–H and O–H groups in total. The number of pyridine rings is 1. The van der Waals surface area contributed by atoms with Crippen LogP contribution in [0.4, 0.5) is 0 Å². The molecule has 172 valence electrons. The third-order valence-corrected chi connectivity index (χ3v) is 6.83. The first-order chi connectivity index (χ1) is 14.6. The van der Waals surface area contributed by atoms with Crippen molar-refractivity contribution in [3.05, 3.63) is 30.1 Å². The molecular formula is C20H29N2O8P. The number of carbonyl (C=O) groups is 3. The average Bonchev–Trinajstić information content (AvgIpc) is 2.75. The molecule has 1 amide bonds. The Morgan fingerprint density at radius 1 is 1.32 bits per heavy atom. The number of nitrogens with one attached hydrogen (secondary N) is 1. The Morgan fingerprint density at radius 3 is 2.68 bits per heavy atom. The Hall–Kier alpha value is -2.29. The molecule has 0 unspecified atom stereocenters. The van der Waals surface area contributed by atoms with Crippen molar-refractivity contribution >= 4 is 25.4 Å². The zero-order chi connectivity index (χ0) is 23.1. The van der Waals surface area contributed by atoms with Crippen LogP contribution in [-0.2, 0) is 43.9 Å². The Balaban J connectivity index is 2.11. The highest BCUT2D eigenvalue weighted by Gasteiger charge is 2.49. The van der Waals surface area contributed by atoms with E-state index in [1.165, 1.54) is 14.2 Å². The minimum Gasteiger partial charge on any atom is -0.469 e. The predicted octanol–water partition coefficient (Wildman–Crippen LogP) is 1.73. The lowest BCUT2D eigenvalue weighted by Gasteiger charge is -2.40. The molecule has 10 nitrogen and oxygen atoms in total. The second-order valence-corrected chi connectivity index (χ2v) is 10.00. The molecule has 0 aliphatic carbocycles. The molecule has 11 heteroatoms. The first-order valence-electron chi connectivity index (χ1n) is 9.83. The quantitative estimate of drug-likeness (QED) is 0.436. The molecule has 0 spiro atoms. The number of esters is 2. The van der Waals surface area contributed by atoms with Crippen molar-refractivity contribution in [1.82, 2.24) is 10.3 Å². The van der Waals surface area contributed by atoms with Crippen LogP contribution in [-0.4, -0.2) is 62.5 Å². The molecule has 1 aliphatic rings. The normalized spacial score (nSPS) is 23.4. The fourth-order valence-electron chi connectivity index (χ4n) is 3.12. The molecule has 0 saturated carbocycles. The SMILES string of the molecule is COC(=O)CCNC(=O)[C@@H]1O[P@@](=O)(C[C@@H](Cc2cccnc2)C(=O)OC)OCC1(C)C. The Labute approximate surface area is 181 Å². The number of ether oxygens (including phenoxy) is 2. The van der Waals surface area contributed by atoms with E-state index in [1.807, 2.05) is 0 Å². The van der Waals surface area contributed by atoms with Crippen LogP contribution < -0.4 is 5.32 Å². The standard InChI is InChI=1S/C20H29N2O8P/c1-20(2)13-29-31(26,30-17(20)18(24)22-9-7-16(23)27-3)12-15(19(25)28-4)10-14-6-5-8-21-11-14/h5-6,8,11,15,17H,7,9-10,12-13H2,1-4H3,(H,22,24)/t15-,17+,31-/m1/s1. The Morgan fingerprint density at radius 2 is 2.06 bits per heavy atom. The van der Waals surface area contributed by atoms with E-state index in [1.54, 1.807) is 38.4 Å². The number of carbonyl (C=O) groups excluding carboxylic acids is 3. The molecule has 1 aliphatic heterocycles. The lowest BCUT2D eigenvalue weighted by atomic mass is 9.87. The van der Waals surface area contributed by atoms with Crippen molar-refractivity contribution in [3.8, 4) is 0 Å². The van der Waals surface area contributed by atoms with Crippen LogP contribution in [0.1, 0.15) is 25.8 Å². The van der Waals surface area contributed by atoms with Gasteiger partial charge in [0.05, 0.1) is 39.3 Å². The summed E-state index contributed by atoms with van der Waals surface area (Å²) in [5.74, 6) is -2.34. The van der Waals surface area contributed by atoms with Crippen LogP contribution in [0, 0.1) is 11.3 Å². The van der Waals surface area contributed by atoms with Gasteiger partial charge in [-0.25, -0.2) is 0 Å². The molecule has 1 aromatic rings. The van der Waals surface area contributed by atoms with Crippen molar-refractivity contribution in [2.45, 2.75) is 32.8 Å². The summed E-state index contributed by atoms with van der Waals surface area (Å²) >= 11 is 0. The second-order valence-electron chi connectivity index (χ2n) is 7.94. The zero-order valence-corrected chi connectivity index (χ0v) is 19.1. The van der Waals surface area contributed by atoms with Crippen LogP contribution in [0.3, 0.4) is 0 Å². The van der Waals surface area contributed by atoms with Gasteiger partial charge in [0.1, 0.15) is 0 Å². The van der Waals surface area contributed by atoms with E-state index in [0.29, 0.717) is 0 Å². The lowest BCUT2D eigenvalue weighted by molar-refractivity contribution is -0.145. The summed E-state index contributed by atoms with van der Waals surface area (Å²) in [5.41, 5.74) is -0.00756. The summed E-state index contributed by atoms with van der Waals surface area (Å²) in [4.78, 5) is 40.2. The molecular weight excluding hydrogens is 427 g/mol. The number of nitrogens with zero attached hydrogens (tertiary/aromatic N) is 1. The molecule has 2 rings (SSSR count). The van der Waals surface area contributed by atoms with Crippen molar-refractivity contribution in [3.63, 3.8) is 0 Å². The molecule has 1 aromatic heterocycles. The summed E-state index contributed by atoms with van der Waals surface area (Å²) in [6.45, 7) is 3.54. The third kappa shape index (κ3) is 7.12. The van der Waals surface area contributed by atoms with Gasteiger partial charge in [0.15, 0.2) is 6.10 Å². The maximum atomic E-state index is 13.4. The fraction of sp³-hybridized carbons (Fsp3) is 0.600. The van der Waals surface area contributed by atoms with Crippen molar-refractivity contribution < 1.29 is 37.5 Å². The zero-order valence-electron chi connectivity index (χ0n) is 18.2. The molecule has 2 heterocycles. The van der Waals surface area contributed by atoms with E-state index in [0.717, 1.165) is 5.56 Å². The summed E-state index contributed by atoms with van der Waals surface area (Å²) in [5, 5.41) is 2.60. The van der Waals surface area contributed by atoms with Gasteiger partial charge in [0.25, 0.3) is 0 Å². The smallest absolute Gasteiger partial charge is 0.332 e. The number of methoxy groups -OCH3 is 2. The highest BCUT2D eigenvalue weighted by atomic mass is 31.2. The summed E-state index contributed by atoms with van der Waals surface area (Å²) in [6.07, 6.45) is 2.13. The molecule has 1 fully saturated rings. The second kappa shape index (κ2) is 10.8. The average molecular weight is 456 g/mol. The van der Waals surface area contributed by atoms with Crippen LogP contribution in [0.25, 0.3) is 0 Å².